The second kappa shape index (κ2) is 6.93. The van der Waals surface area contributed by atoms with Gasteiger partial charge in [-0.1, -0.05) is 30.3 Å². The van der Waals surface area contributed by atoms with E-state index in [0.717, 1.165) is 5.56 Å². The fraction of sp³-hybridized carbons (Fsp3) is 0.316. The van der Waals surface area contributed by atoms with Crippen molar-refractivity contribution in [2.45, 2.75) is 20.0 Å². The Bertz CT molecular complexity index is 761. The number of rotatable bonds is 5. The zero-order chi connectivity index (χ0) is 17.9. The summed E-state index contributed by atoms with van der Waals surface area (Å²) in [5.74, 6) is -0.630. The normalized spacial score (nSPS) is 19.6. The summed E-state index contributed by atoms with van der Waals surface area (Å²) in [6.07, 6.45) is 1.93. The number of carbonyl (C=O) groups excluding carboxylic acids is 1. The number of benzene rings is 1. The molecule has 2 aromatic rings. The minimum atomic E-state index is -0.873. The Morgan fingerprint density at radius 3 is 2.60 bits per heavy atom. The van der Waals surface area contributed by atoms with Crippen LogP contribution in [0.5, 0.6) is 5.88 Å². The maximum absolute atomic E-state index is 12.5. The molecule has 130 valence electrons. The van der Waals surface area contributed by atoms with Gasteiger partial charge in [0.15, 0.2) is 0 Å². The molecule has 1 aromatic carbocycles. The lowest BCUT2D eigenvalue weighted by atomic mass is 9.90. The van der Waals surface area contributed by atoms with Gasteiger partial charge in [-0.2, -0.15) is 0 Å². The standard InChI is InChI=1S/C19H20N2O4/c1-19(18(23)24)9-10-21(13-19)17(22)15-7-8-16(20-11-15)25-12-14-5-3-2-4-6-14/h2-8,11H,9-10,12-13H2,1H3,(H,23,24). The molecule has 6 nitrogen and oxygen atoms in total. The lowest BCUT2D eigenvalue weighted by molar-refractivity contribution is -0.147. The van der Waals surface area contributed by atoms with E-state index in [-0.39, 0.29) is 12.5 Å². The van der Waals surface area contributed by atoms with Gasteiger partial charge in [-0.3, -0.25) is 9.59 Å². The Morgan fingerprint density at radius 1 is 1.24 bits per heavy atom. The average molecular weight is 340 g/mol. The molecular weight excluding hydrogens is 320 g/mol. The number of amides is 1. The molecule has 1 N–H and O–H groups in total. The van der Waals surface area contributed by atoms with Crippen LogP contribution >= 0.6 is 0 Å². The van der Waals surface area contributed by atoms with Gasteiger partial charge in [0.05, 0.1) is 11.0 Å². The number of carbonyl (C=O) groups is 2. The third kappa shape index (κ3) is 3.79. The first-order chi connectivity index (χ1) is 12.0. The van der Waals surface area contributed by atoms with Crippen molar-refractivity contribution in [3.63, 3.8) is 0 Å². The molecule has 0 saturated carbocycles. The molecule has 0 aliphatic carbocycles. The topological polar surface area (TPSA) is 79.7 Å². The van der Waals surface area contributed by atoms with Crippen molar-refractivity contribution in [2.75, 3.05) is 13.1 Å². The van der Waals surface area contributed by atoms with Crippen LogP contribution in [0.4, 0.5) is 0 Å². The summed E-state index contributed by atoms with van der Waals surface area (Å²) < 4.78 is 5.60. The summed E-state index contributed by atoms with van der Waals surface area (Å²) >= 11 is 0. The van der Waals surface area contributed by atoms with Gasteiger partial charge in [0, 0.05) is 25.4 Å². The van der Waals surface area contributed by atoms with Crippen molar-refractivity contribution in [3.05, 3.63) is 59.8 Å². The Balaban J connectivity index is 1.60. The first kappa shape index (κ1) is 17.0. The van der Waals surface area contributed by atoms with E-state index >= 15 is 0 Å². The van der Waals surface area contributed by atoms with Crippen molar-refractivity contribution in [2.24, 2.45) is 5.41 Å². The summed E-state index contributed by atoms with van der Waals surface area (Å²) in [6, 6.07) is 13.1. The van der Waals surface area contributed by atoms with Crippen LogP contribution in [0.2, 0.25) is 0 Å². The van der Waals surface area contributed by atoms with Crippen LogP contribution < -0.4 is 4.74 Å². The minimum Gasteiger partial charge on any atom is -0.481 e. The molecule has 1 atom stereocenters. The number of aromatic nitrogens is 1. The lowest BCUT2D eigenvalue weighted by Gasteiger charge is -2.20. The van der Waals surface area contributed by atoms with Crippen molar-refractivity contribution in [3.8, 4) is 5.88 Å². The van der Waals surface area contributed by atoms with E-state index in [1.807, 2.05) is 30.3 Å². The molecule has 25 heavy (non-hydrogen) atoms. The average Bonchev–Trinajstić information content (AvgIpc) is 3.04. The number of nitrogens with zero attached hydrogens (tertiary/aromatic N) is 2. The number of likely N-dealkylation sites (tertiary alicyclic amines) is 1. The highest BCUT2D eigenvalue weighted by atomic mass is 16.5. The highest BCUT2D eigenvalue weighted by Crippen LogP contribution is 2.31. The molecular formula is C19H20N2O4. The molecule has 1 aliphatic rings. The number of hydrogen-bond donors (Lipinski definition) is 1. The predicted octanol–water partition coefficient (Wildman–Crippen LogP) is 2.60. The van der Waals surface area contributed by atoms with Crippen molar-refractivity contribution < 1.29 is 19.4 Å². The van der Waals surface area contributed by atoms with Gasteiger partial charge in [-0.25, -0.2) is 4.98 Å². The van der Waals surface area contributed by atoms with Gasteiger partial charge in [-0.05, 0) is 25.0 Å². The number of carboxylic acid groups (broad SMARTS) is 1. The number of carboxylic acids is 1. The van der Waals surface area contributed by atoms with E-state index in [2.05, 4.69) is 4.98 Å². The summed E-state index contributed by atoms with van der Waals surface area (Å²) in [4.78, 5) is 29.5. The maximum Gasteiger partial charge on any atom is 0.311 e. The zero-order valence-corrected chi connectivity index (χ0v) is 14.0. The van der Waals surface area contributed by atoms with E-state index < -0.39 is 11.4 Å². The number of aliphatic carboxylic acids is 1. The van der Waals surface area contributed by atoms with Crippen LogP contribution in [0.3, 0.4) is 0 Å². The van der Waals surface area contributed by atoms with Crippen molar-refractivity contribution in [1.29, 1.82) is 0 Å². The van der Waals surface area contributed by atoms with Gasteiger partial charge in [0.2, 0.25) is 5.88 Å². The summed E-state index contributed by atoms with van der Waals surface area (Å²) in [6.45, 7) is 2.73. The molecule has 1 saturated heterocycles. The second-order valence-corrected chi connectivity index (χ2v) is 6.50. The smallest absolute Gasteiger partial charge is 0.311 e. The molecule has 0 radical (unpaired) electrons. The molecule has 1 fully saturated rings. The predicted molar refractivity (Wildman–Crippen MR) is 91.3 cm³/mol. The first-order valence-corrected chi connectivity index (χ1v) is 8.13. The Hall–Kier alpha value is -2.89. The molecule has 2 heterocycles. The van der Waals surface area contributed by atoms with E-state index in [1.54, 1.807) is 24.0 Å². The van der Waals surface area contributed by atoms with E-state index in [1.165, 1.54) is 6.20 Å². The summed E-state index contributed by atoms with van der Waals surface area (Å²) in [5, 5.41) is 9.27. The maximum atomic E-state index is 12.5. The zero-order valence-electron chi connectivity index (χ0n) is 14.0. The first-order valence-electron chi connectivity index (χ1n) is 8.13. The molecule has 0 bridgehead atoms. The van der Waals surface area contributed by atoms with Crippen LogP contribution in [0, 0.1) is 5.41 Å². The van der Waals surface area contributed by atoms with Gasteiger partial charge >= 0.3 is 5.97 Å². The van der Waals surface area contributed by atoms with Crippen LogP contribution in [0.1, 0.15) is 29.3 Å². The number of ether oxygens (including phenoxy) is 1. The number of hydrogen-bond acceptors (Lipinski definition) is 4. The highest BCUT2D eigenvalue weighted by molar-refractivity contribution is 5.94. The van der Waals surface area contributed by atoms with Crippen LogP contribution in [-0.2, 0) is 11.4 Å². The van der Waals surface area contributed by atoms with Gasteiger partial charge < -0.3 is 14.7 Å². The summed E-state index contributed by atoms with van der Waals surface area (Å²) in [7, 11) is 0. The molecule has 3 rings (SSSR count). The monoisotopic (exact) mass is 340 g/mol. The van der Waals surface area contributed by atoms with E-state index in [4.69, 9.17) is 4.74 Å². The minimum absolute atomic E-state index is 0.202. The number of pyridine rings is 1. The molecule has 0 spiro atoms. The fourth-order valence-electron chi connectivity index (χ4n) is 2.82. The van der Waals surface area contributed by atoms with Gasteiger partial charge in [0.1, 0.15) is 6.61 Å². The Labute approximate surface area is 146 Å². The summed E-state index contributed by atoms with van der Waals surface area (Å²) in [5.41, 5.74) is 0.595. The Morgan fingerprint density at radius 2 is 2.00 bits per heavy atom. The highest BCUT2D eigenvalue weighted by Gasteiger charge is 2.42. The van der Waals surface area contributed by atoms with E-state index in [9.17, 15) is 14.7 Å². The van der Waals surface area contributed by atoms with Crippen molar-refractivity contribution in [1.82, 2.24) is 9.88 Å². The second-order valence-electron chi connectivity index (χ2n) is 6.50. The molecule has 1 unspecified atom stereocenters. The van der Waals surface area contributed by atoms with Crippen molar-refractivity contribution >= 4 is 11.9 Å². The third-order valence-electron chi connectivity index (χ3n) is 4.49. The SMILES string of the molecule is CC1(C(=O)O)CCN(C(=O)c2ccc(OCc3ccccc3)nc2)C1. The Kier molecular flexibility index (Phi) is 4.70. The lowest BCUT2D eigenvalue weighted by Crippen LogP contribution is -2.34. The fourth-order valence-corrected chi connectivity index (χ4v) is 2.82. The quantitative estimate of drug-likeness (QED) is 0.905. The van der Waals surface area contributed by atoms with Crippen LogP contribution in [-0.4, -0.2) is 40.0 Å². The molecule has 1 amide bonds. The third-order valence-corrected chi connectivity index (χ3v) is 4.49. The van der Waals surface area contributed by atoms with Crippen LogP contribution in [0.15, 0.2) is 48.7 Å². The van der Waals surface area contributed by atoms with Gasteiger partial charge in [0.25, 0.3) is 5.91 Å². The largest absolute Gasteiger partial charge is 0.481 e. The molecule has 1 aromatic heterocycles. The molecule has 6 heteroatoms. The van der Waals surface area contributed by atoms with Crippen LogP contribution in [0.25, 0.3) is 0 Å². The van der Waals surface area contributed by atoms with E-state index in [0.29, 0.717) is 31.0 Å². The molecule has 1 aliphatic heterocycles. The van der Waals surface area contributed by atoms with Gasteiger partial charge in [-0.15, -0.1) is 0 Å².